The topological polar surface area (TPSA) is 42.0 Å². The fraction of sp³-hybridized carbons (Fsp3) is 0.750. The number of hydrogen-bond donors (Lipinski definition) is 0. The van der Waals surface area contributed by atoms with Crippen molar-refractivity contribution < 1.29 is 14.1 Å². The molecule has 6 rings (SSSR count). The van der Waals surface area contributed by atoms with Crippen LogP contribution in [0.2, 0.25) is 0 Å². The lowest BCUT2D eigenvalue weighted by atomic mass is 9.69. The minimum Gasteiger partial charge on any atom is -0.399 e. The summed E-state index contributed by atoms with van der Waals surface area (Å²) in [7, 11) is -0.393. The lowest BCUT2D eigenvalue weighted by Crippen LogP contribution is -2.56. The number of hydrogen-bond acceptors (Lipinski definition) is 4. The molecule has 3 heterocycles. The standard InChI is InChI=1S/C28H41BN2O3/c1-19-11-14-30(18-19)21-16-22(17-21)31-24-15-20(29-33-26(2,3)27(4,5)34-29)9-10-23(24)28(25(31)32)12-7-6-8-13-28/h9-10,15,19,21-22H,6-8,11-14,16-18H2,1-5H3/t19-,21?,22?/m0/s1. The maximum Gasteiger partial charge on any atom is 0.494 e. The molecule has 5 nitrogen and oxygen atoms in total. The normalized spacial score (nSPS) is 34.0. The zero-order valence-corrected chi connectivity index (χ0v) is 21.7. The van der Waals surface area contributed by atoms with Gasteiger partial charge >= 0.3 is 7.12 Å². The molecule has 1 aromatic carbocycles. The van der Waals surface area contributed by atoms with Gasteiger partial charge in [0.2, 0.25) is 5.91 Å². The number of nitrogens with zero attached hydrogens (tertiary/aromatic N) is 2. The van der Waals surface area contributed by atoms with Crippen LogP contribution in [0.15, 0.2) is 18.2 Å². The number of carbonyl (C=O) groups is 1. The van der Waals surface area contributed by atoms with E-state index < -0.39 is 7.12 Å². The van der Waals surface area contributed by atoms with Gasteiger partial charge in [-0.1, -0.05) is 38.3 Å². The van der Waals surface area contributed by atoms with E-state index in [0.29, 0.717) is 18.0 Å². The first-order valence-corrected chi connectivity index (χ1v) is 13.7. The van der Waals surface area contributed by atoms with Gasteiger partial charge in [0, 0.05) is 24.3 Å². The van der Waals surface area contributed by atoms with E-state index in [0.717, 1.165) is 55.6 Å². The van der Waals surface area contributed by atoms with Crippen molar-refractivity contribution in [2.45, 2.75) is 115 Å². The molecule has 184 valence electrons. The fourth-order valence-corrected chi connectivity index (χ4v) is 7.10. The zero-order valence-electron chi connectivity index (χ0n) is 21.7. The average Bonchev–Trinajstić information content (AvgIpc) is 3.35. The predicted octanol–water partition coefficient (Wildman–Crippen LogP) is 4.41. The zero-order chi connectivity index (χ0) is 23.9. The molecule has 1 atom stereocenters. The van der Waals surface area contributed by atoms with E-state index in [1.165, 1.54) is 31.5 Å². The summed E-state index contributed by atoms with van der Waals surface area (Å²) in [5.41, 5.74) is 2.38. The molecule has 1 aromatic rings. The van der Waals surface area contributed by atoms with E-state index >= 15 is 0 Å². The van der Waals surface area contributed by atoms with Crippen molar-refractivity contribution in [2.75, 3.05) is 18.0 Å². The predicted molar refractivity (Wildman–Crippen MR) is 137 cm³/mol. The summed E-state index contributed by atoms with van der Waals surface area (Å²) in [6, 6.07) is 7.58. The molecule has 1 amide bonds. The molecule has 2 saturated carbocycles. The van der Waals surface area contributed by atoms with Crippen molar-refractivity contribution in [1.82, 2.24) is 4.90 Å². The van der Waals surface area contributed by atoms with Crippen LogP contribution >= 0.6 is 0 Å². The van der Waals surface area contributed by atoms with Crippen molar-refractivity contribution in [3.8, 4) is 0 Å². The Morgan fingerprint density at radius 3 is 2.26 bits per heavy atom. The minimum atomic E-state index is -0.393. The Morgan fingerprint density at radius 2 is 1.65 bits per heavy atom. The third-order valence-corrected chi connectivity index (χ3v) is 10.1. The third-order valence-electron chi connectivity index (χ3n) is 10.1. The van der Waals surface area contributed by atoms with E-state index in [9.17, 15) is 4.79 Å². The van der Waals surface area contributed by atoms with Gasteiger partial charge in [-0.3, -0.25) is 9.69 Å². The van der Waals surface area contributed by atoms with Gasteiger partial charge in [0.15, 0.2) is 0 Å². The Morgan fingerprint density at radius 1 is 0.971 bits per heavy atom. The van der Waals surface area contributed by atoms with E-state index in [2.05, 4.69) is 62.6 Å². The SMILES string of the molecule is C[C@H]1CCN(C2CC(N3C(=O)C4(CCCCC4)c4ccc(B5OC(C)(C)C(C)(C)O5)cc43)C2)C1. The van der Waals surface area contributed by atoms with E-state index in [-0.39, 0.29) is 16.6 Å². The first-order valence-electron chi connectivity index (χ1n) is 13.7. The van der Waals surface area contributed by atoms with Crippen molar-refractivity contribution in [3.63, 3.8) is 0 Å². The van der Waals surface area contributed by atoms with Crippen molar-refractivity contribution in [3.05, 3.63) is 23.8 Å². The Hall–Kier alpha value is -1.37. The summed E-state index contributed by atoms with van der Waals surface area (Å²) in [6.45, 7) is 13.2. The van der Waals surface area contributed by atoms with Gasteiger partial charge in [-0.05, 0) is 89.4 Å². The smallest absolute Gasteiger partial charge is 0.399 e. The minimum absolute atomic E-state index is 0.310. The second kappa shape index (κ2) is 7.82. The van der Waals surface area contributed by atoms with Crippen molar-refractivity contribution in [1.29, 1.82) is 0 Å². The maximum atomic E-state index is 14.1. The Bertz CT molecular complexity index is 964. The molecule has 34 heavy (non-hydrogen) atoms. The van der Waals surface area contributed by atoms with Gasteiger partial charge in [0.25, 0.3) is 0 Å². The number of carbonyl (C=O) groups excluding carboxylic acids is 1. The summed E-state index contributed by atoms with van der Waals surface area (Å²) in [6.07, 6.45) is 9.05. The average molecular weight is 464 g/mol. The molecule has 0 N–H and O–H groups in total. The van der Waals surface area contributed by atoms with Gasteiger partial charge in [-0.25, -0.2) is 0 Å². The molecule has 6 heteroatoms. The van der Waals surface area contributed by atoms with E-state index in [1.54, 1.807) is 0 Å². The summed E-state index contributed by atoms with van der Waals surface area (Å²) in [4.78, 5) is 19.0. The highest BCUT2D eigenvalue weighted by Crippen LogP contribution is 2.52. The van der Waals surface area contributed by atoms with Crippen LogP contribution in [0.3, 0.4) is 0 Å². The number of anilines is 1. The summed E-state index contributed by atoms with van der Waals surface area (Å²) >= 11 is 0. The Kier molecular flexibility index (Phi) is 5.30. The fourth-order valence-electron chi connectivity index (χ4n) is 7.10. The van der Waals surface area contributed by atoms with Crippen LogP contribution in [-0.2, 0) is 19.5 Å². The molecule has 2 aliphatic carbocycles. The van der Waals surface area contributed by atoms with Crippen molar-refractivity contribution in [2.24, 2.45) is 5.92 Å². The molecular weight excluding hydrogens is 423 g/mol. The highest BCUT2D eigenvalue weighted by atomic mass is 16.7. The van der Waals surface area contributed by atoms with Gasteiger partial charge in [0.1, 0.15) is 0 Å². The number of benzene rings is 1. The second-order valence-electron chi connectivity index (χ2n) is 12.9. The number of fused-ring (bicyclic) bond motifs is 2. The van der Waals surface area contributed by atoms with Crippen LogP contribution in [0.1, 0.15) is 91.5 Å². The van der Waals surface area contributed by atoms with Crippen molar-refractivity contribution >= 4 is 24.2 Å². The van der Waals surface area contributed by atoms with Crippen LogP contribution in [0.25, 0.3) is 0 Å². The highest BCUT2D eigenvalue weighted by molar-refractivity contribution is 6.62. The molecule has 0 radical (unpaired) electrons. The van der Waals surface area contributed by atoms with Crippen LogP contribution in [0.5, 0.6) is 0 Å². The highest BCUT2D eigenvalue weighted by Gasteiger charge is 2.56. The molecule has 4 fully saturated rings. The first kappa shape index (κ1) is 23.1. The maximum absolute atomic E-state index is 14.1. The molecule has 1 spiro atoms. The molecular formula is C28H41BN2O3. The molecule has 0 aromatic heterocycles. The monoisotopic (exact) mass is 464 g/mol. The molecule has 0 unspecified atom stereocenters. The van der Waals surface area contributed by atoms with Crippen LogP contribution in [0.4, 0.5) is 5.69 Å². The number of rotatable bonds is 3. The lowest BCUT2D eigenvalue weighted by Gasteiger charge is -2.46. The number of amides is 1. The van der Waals surface area contributed by atoms with E-state index in [1.807, 2.05) is 0 Å². The Labute approximate surface area is 205 Å². The molecule has 0 bridgehead atoms. The van der Waals surface area contributed by atoms with Gasteiger partial charge in [0.05, 0.1) is 16.6 Å². The van der Waals surface area contributed by atoms with Crippen LogP contribution < -0.4 is 10.4 Å². The second-order valence-corrected chi connectivity index (χ2v) is 12.9. The van der Waals surface area contributed by atoms with E-state index in [4.69, 9.17) is 9.31 Å². The third kappa shape index (κ3) is 3.35. The Balaban J connectivity index is 1.31. The van der Waals surface area contributed by atoms with Gasteiger partial charge in [-0.15, -0.1) is 0 Å². The molecule has 3 aliphatic heterocycles. The lowest BCUT2D eigenvalue weighted by molar-refractivity contribution is -0.125. The number of likely N-dealkylation sites (tertiary alicyclic amines) is 1. The van der Waals surface area contributed by atoms with Crippen LogP contribution in [-0.4, -0.2) is 54.3 Å². The summed E-state index contributed by atoms with van der Waals surface area (Å²) in [5, 5.41) is 0. The summed E-state index contributed by atoms with van der Waals surface area (Å²) < 4.78 is 12.7. The largest absolute Gasteiger partial charge is 0.494 e. The molecule has 2 saturated heterocycles. The summed E-state index contributed by atoms with van der Waals surface area (Å²) in [5.74, 6) is 1.17. The van der Waals surface area contributed by atoms with Gasteiger partial charge in [-0.2, -0.15) is 0 Å². The quantitative estimate of drug-likeness (QED) is 0.622. The van der Waals surface area contributed by atoms with Gasteiger partial charge < -0.3 is 14.2 Å². The van der Waals surface area contributed by atoms with Crippen LogP contribution in [0, 0.1) is 5.92 Å². The first-order chi connectivity index (χ1) is 16.1. The molecule has 5 aliphatic rings.